The number of rotatable bonds is 6. The average molecular weight is 462 g/mol. The highest BCUT2D eigenvalue weighted by Crippen LogP contribution is 2.25. The number of piperazine rings is 1. The van der Waals surface area contributed by atoms with Crippen molar-refractivity contribution in [3.05, 3.63) is 70.3 Å². The van der Waals surface area contributed by atoms with Crippen LogP contribution in [0.4, 0.5) is 4.39 Å². The molecule has 0 bridgehead atoms. The first kappa shape index (κ1) is 23.2. The van der Waals surface area contributed by atoms with Crippen molar-refractivity contribution in [2.75, 3.05) is 33.3 Å². The predicted molar refractivity (Wildman–Crippen MR) is 123 cm³/mol. The molecular weight excluding hydrogens is 437 g/mol. The summed E-state index contributed by atoms with van der Waals surface area (Å²) in [5.74, 6) is 0.649. The second kappa shape index (κ2) is 10.7. The third-order valence-electron chi connectivity index (χ3n) is 5.29. The molecule has 8 heteroatoms. The number of amides is 1. The minimum Gasteiger partial charge on any atom is -0.497 e. The number of benzene rings is 2. The lowest BCUT2D eigenvalue weighted by Gasteiger charge is -2.34. The highest BCUT2D eigenvalue weighted by atomic mass is 35.5. The predicted octanol–water partition coefficient (Wildman–Crippen LogP) is 4.27. The van der Waals surface area contributed by atoms with E-state index in [0.29, 0.717) is 19.5 Å². The fraction of sp³-hybridized carbons (Fsp3) is 0.304. The molecule has 164 valence electrons. The molecule has 0 atom stereocenters. The average Bonchev–Trinajstić information content (AvgIpc) is 3.24. The molecule has 31 heavy (non-hydrogen) atoms. The van der Waals surface area contributed by atoms with E-state index in [9.17, 15) is 9.18 Å². The lowest BCUT2D eigenvalue weighted by atomic mass is 10.1. The Morgan fingerprint density at radius 1 is 1.06 bits per heavy atom. The summed E-state index contributed by atoms with van der Waals surface area (Å²) >= 11 is 1.66. The Morgan fingerprint density at radius 3 is 2.39 bits per heavy atom. The molecule has 1 aromatic heterocycles. The third-order valence-corrected chi connectivity index (χ3v) is 6.12. The van der Waals surface area contributed by atoms with Crippen molar-refractivity contribution in [1.29, 1.82) is 0 Å². The molecule has 0 N–H and O–H groups in total. The van der Waals surface area contributed by atoms with Gasteiger partial charge in [-0.05, 0) is 42.0 Å². The summed E-state index contributed by atoms with van der Waals surface area (Å²) in [5.41, 5.74) is 2.90. The minimum absolute atomic E-state index is 0. The Labute approximate surface area is 191 Å². The van der Waals surface area contributed by atoms with Gasteiger partial charge in [0.05, 0.1) is 25.8 Å². The van der Waals surface area contributed by atoms with Crippen molar-refractivity contribution in [3.63, 3.8) is 0 Å². The molecule has 1 aliphatic heterocycles. The number of methoxy groups -OCH3 is 1. The summed E-state index contributed by atoms with van der Waals surface area (Å²) in [6.07, 6.45) is 0.317. The number of carbonyl (C=O) groups is 1. The van der Waals surface area contributed by atoms with Crippen LogP contribution in [-0.2, 0) is 17.8 Å². The molecule has 2 aromatic carbocycles. The van der Waals surface area contributed by atoms with Crippen LogP contribution in [0.25, 0.3) is 11.3 Å². The van der Waals surface area contributed by atoms with E-state index in [4.69, 9.17) is 9.72 Å². The van der Waals surface area contributed by atoms with Crippen molar-refractivity contribution in [2.24, 2.45) is 0 Å². The zero-order valence-electron chi connectivity index (χ0n) is 17.3. The summed E-state index contributed by atoms with van der Waals surface area (Å²) in [6.45, 7) is 3.85. The van der Waals surface area contributed by atoms with Gasteiger partial charge >= 0.3 is 0 Å². The van der Waals surface area contributed by atoms with Crippen LogP contribution in [0.5, 0.6) is 5.75 Å². The third kappa shape index (κ3) is 6.03. The van der Waals surface area contributed by atoms with Crippen molar-refractivity contribution >= 4 is 29.7 Å². The first-order chi connectivity index (χ1) is 14.6. The topological polar surface area (TPSA) is 45.7 Å². The van der Waals surface area contributed by atoms with Crippen LogP contribution in [0.15, 0.2) is 53.9 Å². The molecule has 1 fully saturated rings. The fourth-order valence-corrected chi connectivity index (χ4v) is 4.36. The summed E-state index contributed by atoms with van der Waals surface area (Å²) < 4.78 is 18.2. The number of halogens is 2. The molecule has 1 aliphatic rings. The molecule has 0 saturated carbocycles. The summed E-state index contributed by atoms with van der Waals surface area (Å²) in [4.78, 5) is 21.5. The van der Waals surface area contributed by atoms with Gasteiger partial charge in [0.25, 0.3) is 0 Å². The van der Waals surface area contributed by atoms with Gasteiger partial charge in [-0.3, -0.25) is 9.69 Å². The Hall–Kier alpha value is -2.48. The maximum Gasteiger partial charge on any atom is 0.227 e. The van der Waals surface area contributed by atoms with Crippen molar-refractivity contribution in [3.8, 4) is 17.0 Å². The summed E-state index contributed by atoms with van der Waals surface area (Å²) in [6, 6.07) is 14.1. The van der Waals surface area contributed by atoms with Crippen molar-refractivity contribution in [1.82, 2.24) is 14.8 Å². The van der Waals surface area contributed by atoms with E-state index in [1.807, 2.05) is 29.2 Å². The van der Waals surface area contributed by atoms with Crippen LogP contribution in [0.1, 0.15) is 10.6 Å². The second-order valence-electron chi connectivity index (χ2n) is 7.32. The molecule has 5 nitrogen and oxygen atoms in total. The van der Waals surface area contributed by atoms with Crippen LogP contribution in [0, 0.1) is 5.82 Å². The molecule has 0 aliphatic carbocycles. The summed E-state index contributed by atoms with van der Waals surface area (Å²) in [5, 5.41) is 3.16. The van der Waals surface area contributed by atoms with E-state index in [2.05, 4.69) is 10.3 Å². The van der Waals surface area contributed by atoms with E-state index in [1.54, 1.807) is 30.6 Å². The minimum atomic E-state index is -0.280. The zero-order chi connectivity index (χ0) is 20.9. The molecule has 0 radical (unpaired) electrons. The monoisotopic (exact) mass is 461 g/mol. The van der Waals surface area contributed by atoms with Gasteiger partial charge in [-0.15, -0.1) is 23.7 Å². The number of thiazole rings is 1. The second-order valence-corrected chi connectivity index (χ2v) is 8.26. The Kier molecular flexibility index (Phi) is 8.01. The first-order valence-corrected chi connectivity index (χ1v) is 10.8. The normalized spacial score (nSPS) is 14.2. The number of nitrogens with zero attached hydrogens (tertiary/aromatic N) is 3. The molecular formula is C23H25ClFN3O2S. The number of ether oxygens (including phenoxy) is 1. The van der Waals surface area contributed by atoms with Gasteiger partial charge in [0.15, 0.2) is 0 Å². The highest BCUT2D eigenvalue weighted by Gasteiger charge is 2.22. The maximum atomic E-state index is 13.0. The van der Waals surface area contributed by atoms with Crippen LogP contribution in [-0.4, -0.2) is 54.0 Å². The Morgan fingerprint density at radius 2 is 1.74 bits per heavy atom. The van der Waals surface area contributed by atoms with Crippen molar-refractivity contribution in [2.45, 2.75) is 13.0 Å². The fourth-order valence-electron chi connectivity index (χ4n) is 3.51. The van der Waals surface area contributed by atoms with E-state index in [0.717, 1.165) is 47.2 Å². The van der Waals surface area contributed by atoms with E-state index in [1.165, 1.54) is 12.1 Å². The molecule has 0 spiro atoms. The van der Waals surface area contributed by atoms with Crippen molar-refractivity contribution < 1.29 is 13.9 Å². The van der Waals surface area contributed by atoms with Crippen LogP contribution >= 0.6 is 23.7 Å². The molecule has 1 saturated heterocycles. The lowest BCUT2D eigenvalue weighted by Crippen LogP contribution is -2.48. The first-order valence-electron chi connectivity index (χ1n) is 9.94. The van der Waals surface area contributed by atoms with Gasteiger partial charge in [-0.2, -0.15) is 0 Å². The largest absolute Gasteiger partial charge is 0.497 e. The van der Waals surface area contributed by atoms with Crippen LogP contribution in [0.3, 0.4) is 0 Å². The highest BCUT2D eigenvalue weighted by molar-refractivity contribution is 7.09. The standard InChI is InChI=1S/C23H24FN3O2S.ClH/c1-29-20-8-4-18(5-9-20)21-16-30-22(25-21)15-26-10-12-27(13-11-26)23(28)14-17-2-6-19(24)7-3-17;/h2-9,16H,10-15H2,1H3;1H. The van der Waals surface area contributed by atoms with Gasteiger partial charge in [-0.1, -0.05) is 12.1 Å². The number of hydrogen-bond donors (Lipinski definition) is 0. The number of hydrogen-bond acceptors (Lipinski definition) is 5. The quantitative estimate of drug-likeness (QED) is 0.550. The van der Waals surface area contributed by atoms with Gasteiger partial charge in [0, 0.05) is 37.1 Å². The van der Waals surface area contributed by atoms with E-state index in [-0.39, 0.29) is 24.1 Å². The molecule has 4 rings (SSSR count). The maximum absolute atomic E-state index is 13.0. The lowest BCUT2D eigenvalue weighted by molar-refractivity contribution is -0.132. The van der Waals surface area contributed by atoms with Gasteiger partial charge in [0.2, 0.25) is 5.91 Å². The number of aromatic nitrogens is 1. The summed E-state index contributed by atoms with van der Waals surface area (Å²) in [7, 11) is 1.66. The zero-order valence-corrected chi connectivity index (χ0v) is 18.9. The Balaban J connectivity index is 0.00000272. The number of carbonyl (C=O) groups excluding carboxylic acids is 1. The van der Waals surface area contributed by atoms with Gasteiger partial charge in [-0.25, -0.2) is 9.37 Å². The SMILES string of the molecule is COc1ccc(-c2csc(CN3CCN(C(=O)Cc4ccc(F)cc4)CC3)n2)cc1.Cl. The van der Waals surface area contributed by atoms with E-state index < -0.39 is 0 Å². The smallest absolute Gasteiger partial charge is 0.227 e. The van der Waals surface area contributed by atoms with Gasteiger partial charge in [0.1, 0.15) is 16.6 Å². The molecule has 1 amide bonds. The van der Waals surface area contributed by atoms with Gasteiger partial charge < -0.3 is 9.64 Å². The molecule has 0 unspecified atom stereocenters. The molecule has 3 aromatic rings. The Bertz CT molecular complexity index is 987. The van der Waals surface area contributed by atoms with E-state index >= 15 is 0 Å². The van der Waals surface area contributed by atoms with Crippen LogP contribution < -0.4 is 4.74 Å². The molecule has 2 heterocycles. The van der Waals surface area contributed by atoms with Crippen LogP contribution in [0.2, 0.25) is 0 Å².